The van der Waals surface area contributed by atoms with Crippen LogP contribution in [0.1, 0.15) is 25.0 Å². The Bertz CT molecular complexity index is 607. The first kappa shape index (κ1) is 12.8. The highest BCUT2D eigenvalue weighted by atomic mass is 16.2. The Labute approximate surface area is 116 Å². The van der Waals surface area contributed by atoms with E-state index in [9.17, 15) is 9.59 Å². The molecular formula is C15H14N2O3. The minimum Gasteiger partial charge on any atom is -0.384 e. The largest absolute Gasteiger partial charge is 0.384 e. The molecule has 0 radical (unpaired) electrons. The average Bonchev–Trinajstić information content (AvgIpc) is 3.02. The van der Waals surface area contributed by atoms with Crippen LogP contribution in [0.5, 0.6) is 0 Å². The number of imide groups is 1. The van der Waals surface area contributed by atoms with E-state index in [0.717, 1.165) is 19.3 Å². The first-order valence-corrected chi connectivity index (χ1v) is 6.67. The number of nitrogens with zero attached hydrogens (tertiary/aromatic N) is 2. The molecule has 3 rings (SSSR count). The van der Waals surface area contributed by atoms with Crippen molar-refractivity contribution in [3.63, 3.8) is 0 Å². The van der Waals surface area contributed by atoms with E-state index in [0.29, 0.717) is 11.5 Å². The molecule has 2 aliphatic rings. The Morgan fingerprint density at radius 1 is 1.25 bits per heavy atom. The van der Waals surface area contributed by atoms with Gasteiger partial charge in [0.15, 0.2) is 0 Å². The highest BCUT2D eigenvalue weighted by Gasteiger charge is 2.50. The van der Waals surface area contributed by atoms with Crippen molar-refractivity contribution in [3.05, 3.63) is 23.9 Å². The molecule has 2 heterocycles. The number of carbonyl (C=O) groups excluding carboxylic acids is 2. The van der Waals surface area contributed by atoms with Crippen LogP contribution in [0.4, 0.5) is 5.82 Å². The third-order valence-corrected chi connectivity index (χ3v) is 3.85. The number of fused-ring (bicyclic) bond motifs is 1. The van der Waals surface area contributed by atoms with Crippen LogP contribution in [-0.4, -0.2) is 28.5 Å². The zero-order valence-corrected chi connectivity index (χ0v) is 10.9. The molecule has 1 saturated carbocycles. The molecule has 1 N–H and O–H groups in total. The molecular weight excluding hydrogens is 256 g/mol. The monoisotopic (exact) mass is 270 g/mol. The normalized spacial score (nSPS) is 24.6. The predicted octanol–water partition coefficient (Wildman–Crippen LogP) is 0.715. The number of pyridine rings is 1. The van der Waals surface area contributed by atoms with Crippen LogP contribution in [0.25, 0.3) is 0 Å². The van der Waals surface area contributed by atoms with Gasteiger partial charge >= 0.3 is 0 Å². The fourth-order valence-corrected chi connectivity index (χ4v) is 2.96. The van der Waals surface area contributed by atoms with Crippen LogP contribution in [0.15, 0.2) is 18.2 Å². The Morgan fingerprint density at radius 3 is 2.60 bits per heavy atom. The maximum Gasteiger partial charge on any atom is 0.238 e. The lowest BCUT2D eigenvalue weighted by Crippen LogP contribution is -2.32. The topological polar surface area (TPSA) is 70.5 Å². The highest BCUT2D eigenvalue weighted by molar-refractivity contribution is 6.21. The lowest BCUT2D eigenvalue weighted by atomic mass is 10.00. The summed E-state index contributed by atoms with van der Waals surface area (Å²) in [5, 5.41) is 8.68. The van der Waals surface area contributed by atoms with Gasteiger partial charge in [0.2, 0.25) is 11.8 Å². The van der Waals surface area contributed by atoms with E-state index < -0.39 is 0 Å². The SMILES string of the molecule is O=C1C2CCCC2C(=O)N1c1cccc(C#CCO)n1. The van der Waals surface area contributed by atoms with Crippen LogP contribution < -0.4 is 4.90 Å². The number of rotatable bonds is 1. The van der Waals surface area contributed by atoms with Gasteiger partial charge in [0.25, 0.3) is 0 Å². The van der Waals surface area contributed by atoms with Crippen LogP contribution in [0.3, 0.4) is 0 Å². The van der Waals surface area contributed by atoms with Gasteiger partial charge in [-0.05, 0) is 30.9 Å². The molecule has 20 heavy (non-hydrogen) atoms. The number of aliphatic hydroxyl groups is 1. The van der Waals surface area contributed by atoms with Gasteiger partial charge in [-0.25, -0.2) is 9.88 Å². The molecule has 1 aromatic rings. The zero-order chi connectivity index (χ0) is 14.1. The standard InChI is InChI=1S/C15H14N2O3/c18-9-3-5-10-4-1-8-13(16-10)17-14(19)11-6-2-7-12(11)15(17)20/h1,4,8,11-12,18H,2,6-7,9H2. The van der Waals surface area contributed by atoms with Crippen molar-refractivity contribution >= 4 is 17.6 Å². The molecule has 2 atom stereocenters. The summed E-state index contributed by atoms with van der Waals surface area (Å²) in [6.45, 7) is -0.252. The van der Waals surface area contributed by atoms with Crippen molar-refractivity contribution in [2.45, 2.75) is 19.3 Å². The van der Waals surface area contributed by atoms with E-state index in [4.69, 9.17) is 5.11 Å². The summed E-state index contributed by atoms with van der Waals surface area (Å²) in [6.07, 6.45) is 2.52. The lowest BCUT2D eigenvalue weighted by molar-refractivity contribution is -0.122. The highest BCUT2D eigenvalue weighted by Crippen LogP contribution is 2.41. The molecule has 1 aliphatic heterocycles. The van der Waals surface area contributed by atoms with Gasteiger partial charge < -0.3 is 5.11 Å². The fourth-order valence-electron chi connectivity index (χ4n) is 2.96. The first-order chi connectivity index (χ1) is 9.72. The summed E-state index contributed by atoms with van der Waals surface area (Å²) in [5.74, 6) is 4.89. The second-order valence-electron chi connectivity index (χ2n) is 5.00. The van der Waals surface area contributed by atoms with E-state index in [-0.39, 0.29) is 30.3 Å². The third kappa shape index (κ3) is 1.98. The van der Waals surface area contributed by atoms with Gasteiger partial charge in [-0.3, -0.25) is 9.59 Å². The minimum atomic E-state index is -0.252. The van der Waals surface area contributed by atoms with Gasteiger partial charge in [-0.15, -0.1) is 0 Å². The smallest absolute Gasteiger partial charge is 0.238 e. The summed E-state index contributed by atoms with van der Waals surface area (Å²) in [6, 6.07) is 5.03. The second kappa shape index (κ2) is 5.06. The molecule has 0 bridgehead atoms. The van der Waals surface area contributed by atoms with Crippen LogP contribution in [0.2, 0.25) is 0 Å². The van der Waals surface area contributed by atoms with Crippen molar-refractivity contribution in [2.75, 3.05) is 11.5 Å². The molecule has 1 aliphatic carbocycles. The first-order valence-electron chi connectivity index (χ1n) is 6.67. The van der Waals surface area contributed by atoms with Gasteiger partial charge in [0.1, 0.15) is 18.1 Å². The zero-order valence-electron chi connectivity index (χ0n) is 10.9. The summed E-state index contributed by atoms with van der Waals surface area (Å²) in [4.78, 5) is 30.0. The maximum atomic E-state index is 12.3. The van der Waals surface area contributed by atoms with E-state index in [1.807, 2.05) is 0 Å². The number of hydrogen-bond acceptors (Lipinski definition) is 4. The molecule has 1 aromatic heterocycles. The molecule has 2 unspecified atom stereocenters. The molecule has 1 saturated heterocycles. The minimum absolute atomic E-state index is 0.141. The third-order valence-electron chi connectivity index (χ3n) is 3.85. The quantitative estimate of drug-likeness (QED) is 0.603. The van der Waals surface area contributed by atoms with E-state index in [1.165, 1.54) is 4.90 Å². The number of amides is 2. The van der Waals surface area contributed by atoms with Crippen molar-refractivity contribution in [2.24, 2.45) is 11.8 Å². The number of aliphatic hydroxyl groups excluding tert-OH is 1. The van der Waals surface area contributed by atoms with E-state index in [1.54, 1.807) is 18.2 Å². The fraction of sp³-hybridized carbons (Fsp3) is 0.400. The van der Waals surface area contributed by atoms with Gasteiger partial charge in [0.05, 0.1) is 11.8 Å². The van der Waals surface area contributed by atoms with E-state index in [2.05, 4.69) is 16.8 Å². The maximum absolute atomic E-state index is 12.3. The van der Waals surface area contributed by atoms with E-state index >= 15 is 0 Å². The molecule has 2 fully saturated rings. The molecule has 102 valence electrons. The molecule has 2 amide bonds. The number of carbonyl (C=O) groups is 2. The summed E-state index contributed by atoms with van der Waals surface area (Å²) < 4.78 is 0. The Kier molecular flexibility index (Phi) is 3.25. The Balaban J connectivity index is 1.93. The van der Waals surface area contributed by atoms with Gasteiger partial charge in [0, 0.05) is 0 Å². The average molecular weight is 270 g/mol. The number of hydrogen-bond donors (Lipinski definition) is 1. The molecule has 0 spiro atoms. The van der Waals surface area contributed by atoms with Crippen molar-refractivity contribution in [1.29, 1.82) is 0 Å². The molecule has 5 nitrogen and oxygen atoms in total. The summed E-state index contributed by atoms with van der Waals surface area (Å²) in [7, 11) is 0. The number of anilines is 1. The Morgan fingerprint density at radius 2 is 1.95 bits per heavy atom. The van der Waals surface area contributed by atoms with Crippen molar-refractivity contribution in [1.82, 2.24) is 4.98 Å². The van der Waals surface area contributed by atoms with Crippen LogP contribution >= 0.6 is 0 Å². The Hall–Kier alpha value is -2.19. The molecule has 5 heteroatoms. The second-order valence-corrected chi connectivity index (χ2v) is 5.00. The lowest BCUT2D eigenvalue weighted by Gasteiger charge is -2.14. The molecule has 0 aromatic carbocycles. The van der Waals surface area contributed by atoms with Crippen molar-refractivity contribution in [3.8, 4) is 11.8 Å². The van der Waals surface area contributed by atoms with Crippen LogP contribution in [-0.2, 0) is 9.59 Å². The van der Waals surface area contributed by atoms with Gasteiger partial charge in [-0.1, -0.05) is 18.4 Å². The van der Waals surface area contributed by atoms with Crippen LogP contribution in [0, 0.1) is 23.7 Å². The predicted molar refractivity (Wildman–Crippen MR) is 71.5 cm³/mol. The van der Waals surface area contributed by atoms with Crippen molar-refractivity contribution < 1.29 is 14.7 Å². The summed E-state index contributed by atoms with van der Waals surface area (Å²) >= 11 is 0. The summed E-state index contributed by atoms with van der Waals surface area (Å²) in [5.41, 5.74) is 0.439. The number of aromatic nitrogens is 1. The van der Waals surface area contributed by atoms with Gasteiger partial charge in [-0.2, -0.15) is 0 Å².